The third-order valence-electron chi connectivity index (χ3n) is 4.93. The zero-order valence-corrected chi connectivity index (χ0v) is 15.1. The maximum atomic E-state index is 9.33. The number of rotatable bonds is 6. The van der Waals surface area contributed by atoms with E-state index in [0.717, 1.165) is 22.4 Å². The fourth-order valence-electron chi connectivity index (χ4n) is 3.73. The average molecular weight is 354 g/mol. The van der Waals surface area contributed by atoms with Crippen molar-refractivity contribution >= 4 is 0 Å². The topological polar surface area (TPSA) is 38.0 Å². The van der Waals surface area contributed by atoms with Crippen LogP contribution in [-0.2, 0) is 12.0 Å². The third kappa shape index (κ3) is 3.07. The molecule has 0 spiro atoms. The van der Waals surface area contributed by atoms with E-state index in [1.54, 1.807) is 0 Å². The van der Waals surface area contributed by atoms with Crippen molar-refractivity contribution in [1.82, 2.24) is 9.78 Å². The summed E-state index contributed by atoms with van der Waals surface area (Å²) in [5.74, 6) is 0. The minimum atomic E-state index is -0.586. The number of aliphatic hydroxyl groups excluding tert-OH is 1. The van der Waals surface area contributed by atoms with Gasteiger partial charge < -0.3 is 5.11 Å². The molecule has 4 rings (SSSR count). The largest absolute Gasteiger partial charge is 0.396 e. The molecule has 3 heteroatoms. The lowest BCUT2D eigenvalue weighted by Gasteiger charge is -2.36. The molecule has 4 aromatic rings. The molecule has 134 valence electrons. The minimum Gasteiger partial charge on any atom is -0.396 e. The molecule has 1 N–H and O–H groups in total. The number of aromatic nitrogens is 2. The summed E-state index contributed by atoms with van der Waals surface area (Å²) in [6.07, 6.45) is 2.56. The zero-order chi connectivity index (χ0) is 18.5. The van der Waals surface area contributed by atoms with E-state index in [4.69, 9.17) is 5.10 Å². The number of aliphatic hydroxyl groups is 1. The lowest BCUT2D eigenvalue weighted by atomic mass is 9.77. The molecule has 0 radical (unpaired) electrons. The fraction of sp³-hybridized carbons (Fsp3) is 0.125. The van der Waals surface area contributed by atoms with Crippen molar-refractivity contribution in [1.29, 1.82) is 0 Å². The van der Waals surface area contributed by atoms with E-state index in [0.29, 0.717) is 6.42 Å². The summed E-state index contributed by atoms with van der Waals surface area (Å²) < 4.78 is 2.03. The Morgan fingerprint density at radius 3 is 1.52 bits per heavy atom. The van der Waals surface area contributed by atoms with E-state index in [1.807, 2.05) is 35.1 Å². The predicted molar refractivity (Wildman–Crippen MR) is 108 cm³/mol. The van der Waals surface area contributed by atoms with Gasteiger partial charge in [-0.15, -0.1) is 0 Å². The summed E-state index contributed by atoms with van der Waals surface area (Å²) in [6.45, 7) is 0.0893. The second-order valence-electron chi connectivity index (χ2n) is 6.53. The summed E-state index contributed by atoms with van der Waals surface area (Å²) in [4.78, 5) is 0. The highest BCUT2D eigenvalue weighted by Gasteiger charge is 2.39. The molecule has 0 saturated carbocycles. The molecule has 0 saturated heterocycles. The molecule has 0 aliphatic carbocycles. The first kappa shape index (κ1) is 17.3. The van der Waals surface area contributed by atoms with Gasteiger partial charge in [-0.25, -0.2) is 0 Å². The van der Waals surface area contributed by atoms with Gasteiger partial charge >= 0.3 is 0 Å². The van der Waals surface area contributed by atoms with Crippen molar-refractivity contribution in [2.24, 2.45) is 0 Å². The molecule has 0 atom stereocenters. The van der Waals surface area contributed by atoms with Crippen LogP contribution in [0.15, 0.2) is 103 Å². The Bertz CT molecular complexity index is 882. The minimum absolute atomic E-state index is 0.0893. The van der Waals surface area contributed by atoms with Crippen LogP contribution in [0.1, 0.15) is 22.4 Å². The molecule has 0 bridgehead atoms. The summed E-state index contributed by atoms with van der Waals surface area (Å²) in [5, 5.41) is 14.2. The number of hydrogen-bond acceptors (Lipinski definition) is 2. The molecule has 3 nitrogen and oxygen atoms in total. The monoisotopic (exact) mass is 354 g/mol. The Morgan fingerprint density at radius 2 is 1.11 bits per heavy atom. The van der Waals surface area contributed by atoms with E-state index >= 15 is 0 Å². The number of benzene rings is 3. The fourth-order valence-corrected chi connectivity index (χ4v) is 3.73. The standard InChI is InChI=1S/C24H22N2O/c27-19-17-23-16-18-26(25-23)24(20-10-4-1-5-11-20,21-12-6-2-7-13-21)22-14-8-3-9-15-22/h1-16,18,27H,17,19H2. The number of nitrogens with zero attached hydrogens (tertiary/aromatic N) is 2. The van der Waals surface area contributed by atoms with Crippen LogP contribution in [0.25, 0.3) is 0 Å². The third-order valence-corrected chi connectivity index (χ3v) is 4.93. The smallest absolute Gasteiger partial charge is 0.137 e. The Balaban J connectivity index is 2.06. The van der Waals surface area contributed by atoms with Gasteiger partial charge in [-0.2, -0.15) is 5.10 Å². The molecule has 0 amide bonds. The van der Waals surface area contributed by atoms with Gasteiger partial charge in [-0.3, -0.25) is 4.68 Å². The van der Waals surface area contributed by atoms with Gasteiger partial charge in [0.1, 0.15) is 5.54 Å². The van der Waals surface area contributed by atoms with E-state index < -0.39 is 5.54 Å². The van der Waals surface area contributed by atoms with Gasteiger partial charge in [-0.1, -0.05) is 91.0 Å². The SMILES string of the molecule is OCCc1ccn(C(c2ccccc2)(c2ccccc2)c2ccccc2)n1. The van der Waals surface area contributed by atoms with E-state index in [2.05, 4.69) is 72.8 Å². The molecule has 1 heterocycles. The first-order chi connectivity index (χ1) is 13.4. The summed E-state index contributed by atoms with van der Waals surface area (Å²) in [7, 11) is 0. The first-order valence-electron chi connectivity index (χ1n) is 9.18. The van der Waals surface area contributed by atoms with E-state index in [-0.39, 0.29) is 6.61 Å². The Hall–Kier alpha value is -3.17. The van der Waals surface area contributed by atoms with Crippen molar-refractivity contribution in [3.05, 3.63) is 126 Å². The molecule has 0 aliphatic rings. The maximum absolute atomic E-state index is 9.33. The van der Waals surface area contributed by atoms with Crippen molar-refractivity contribution in [3.8, 4) is 0 Å². The van der Waals surface area contributed by atoms with Gasteiger partial charge in [-0.05, 0) is 22.8 Å². The normalized spacial score (nSPS) is 11.4. The summed E-state index contributed by atoms with van der Waals surface area (Å²) in [6, 6.07) is 33.3. The van der Waals surface area contributed by atoms with Crippen LogP contribution in [0.5, 0.6) is 0 Å². The molecular formula is C24H22N2O. The summed E-state index contributed by atoms with van der Waals surface area (Å²) in [5.41, 5.74) is 3.71. The lowest BCUT2D eigenvalue weighted by molar-refractivity contribution is 0.297. The highest BCUT2D eigenvalue weighted by atomic mass is 16.3. The van der Waals surface area contributed by atoms with Crippen LogP contribution in [0.2, 0.25) is 0 Å². The summed E-state index contributed by atoms with van der Waals surface area (Å²) >= 11 is 0. The maximum Gasteiger partial charge on any atom is 0.137 e. The predicted octanol–water partition coefficient (Wildman–Crippen LogP) is 4.26. The second-order valence-corrected chi connectivity index (χ2v) is 6.53. The van der Waals surface area contributed by atoms with Gasteiger partial charge in [0.15, 0.2) is 0 Å². The lowest BCUT2D eigenvalue weighted by Crippen LogP contribution is -2.38. The van der Waals surface area contributed by atoms with E-state index in [1.165, 1.54) is 0 Å². The van der Waals surface area contributed by atoms with Crippen molar-refractivity contribution in [3.63, 3.8) is 0 Å². The second kappa shape index (κ2) is 7.60. The number of hydrogen-bond donors (Lipinski definition) is 1. The molecule has 0 fully saturated rings. The van der Waals surface area contributed by atoms with Gasteiger partial charge in [0, 0.05) is 19.2 Å². The molecule has 1 aromatic heterocycles. The van der Waals surface area contributed by atoms with Crippen LogP contribution >= 0.6 is 0 Å². The Morgan fingerprint density at radius 1 is 0.667 bits per heavy atom. The van der Waals surface area contributed by atoms with Crippen molar-refractivity contribution in [2.45, 2.75) is 12.0 Å². The van der Waals surface area contributed by atoms with Gasteiger partial charge in [0.2, 0.25) is 0 Å². The van der Waals surface area contributed by atoms with Crippen LogP contribution in [0.4, 0.5) is 0 Å². The Kier molecular flexibility index (Phi) is 4.86. The molecule has 0 aliphatic heterocycles. The van der Waals surface area contributed by atoms with Crippen molar-refractivity contribution < 1.29 is 5.11 Å². The van der Waals surface area contributed by atoms with E-state index in [9.17, 15) is 5.11 Å². The molecule has 3 aromatic carbocycles. The molecular weight excluding hydrogens is 332 g/mol. The van der Waals surface area contributed by atoms with Gasteiger partial charge in [0.05, 0.1) is 5.69 Å². The van der Waals surface area contributed by atoms with Crippen molar-refractivity contribution in [2.75, 3.05) is 6.61 Å². The molecule has 27 heavy (non-hydrogen) atoms. The van der Waals surface area contributed by atoms with Crippen LogP contribution in [0.3, 0.4) is 0 Å². The zero-order valence-electron chi connectivity index (χ0n) is 15.1. The van der Waals surface area contributed by atoms with Crippen LogP contribution in [0, 0.1) is 0 Å². The quantitative estimate of drug-likeness (QED) is 0.526. The van der Waals surface area contributed by atoms with Crippen LogP contribution in [-0.4, -0.2) is 21.5 Å². The highest BCUT2D eigenvalue weighted by molar-refractivity contribution is 5.50. The first-order valence-corrected chi connectivity index (χ1v) is 9.18. The highest BCUT2D eigenvalue weighted by Crippen LogP contribution is 2.40. The average Bonchev–Trinajstić information content (AvgIpc) is 3.20. The van der Waals surface area contributed by atoms with Gasteiger partial charge in [0.25, 0.3) is 0 Å². The molecule has 0 unspecified atom stereocenters. The van der Waals surface area contributed by atoms with Crippen LogP contribution < -0.4 is 0 Å². The Labute approximate surface area is 159 Å².